The van der Waals surface area contributed by atoms with E-state index in [4.69, 9.17) is 17.3 Å². The minimum absolute atomic E-state index is 0.0582. The second-order valence-corrected chi connectivity index (χ2v) is 5.49. The fraction of sp³-hybridized carbons (Fsp3) is 0.500. The molecule has 3 nitrogen and oxygen atoms in total. The predicted octanol–water partition coefficient (Wildman–Crippen LogP) is 3.23. The summed E-state index contributed by atoms with van der Waals surface area (Å²) >= 11 is 5.84. The summed E-state index contributed by atoms with van der Waals surface area (Å²) in [5, 5.41) is 3.58. The van der Waals surface area contributed by atoms with Crippen molar-refractivity contribution in [1.29, 1.82) is 0 Å². The first-order valence-corrected chi connectivity index (χ1v) is 6.81. The lowest BCUT2D eigenvalue weighted by atomic mass is 9.86. The van der Waals surface area contributed by atoms with Crippen LogP contribution in [0.15, 0.2) is 18.2 Å². The molecule has 0 aliphatic heterocycles. The van der Waals surface area contributed by atoms with E-state index in [1.807, 2.05) is 0 Å². The number of amides is 1. The molecule has 18 heavy (non-hydrogen) atoms. The predicted molar refractivity (Wildman–Crippen MR) is 74.8 cm³/mol. The van der Waals surface area contributed by atoms with Gasteiger partial charge in [0.1, 0.15) is 0 Å². The standard InChI is InChI=1S/C14H19ClN2O/c1-9-4-2-3-5-13(9)17-14(18)10-6-7-11(15)12(16)8-10/h6-9,13H,2-5,16H2,1H3,(H,17,18)/t9-,13+/m0/s1. The maximum atomic E-state index is 12.1. The second kappa shape index (κ2) is 5.61. The third-order valence-electron chi connectivity index (χ3n) is 3.69. The molecule has 1 aliphatic carbocycles. The molecule has 1 amide bonds. The topological polar surface area (TPSA) is 55.1 Å². The molecule has 2 rings (SSSR count). The van der Waals surface area contributed by atoms with Gasteiger partial charge in [-0.15, -0.1) is 0 Å². The van der Waals surface area contributed by atoms with Crippen LogP contribution < -0.4 is 11.1 Å². The highest BCUT2D eigenvalue weighted by atomic mass is 35.5. The Hall–Kier alpha value is -1.22. The molecule has 1 saturated carbocycles. The van der Waals surface area contributed by atoms with E-state index in [0.29, 0.717) is 22.2 Å². The molecule has 0 aromatic heterocycles. The van der Waals surface area contributed by atoms with E-state index in [1.54, 1.807) is 18.2 Å². The largest absolute Gasteiger partial charge is 0.398 e. The summed E-state index contributed by atoms with van der Waals surface area (Å²) in [6.07, 6.45) is 4.71. The Bertz CT molecular complexity index is 447. The summed E-state index contributed by atoms with van der Waals surface area (Å²) in [7, 11) is 0. The summed E-state index contributed by atoms with van der Waals surface area (Å²) in [6, 6.07) is 5.28. The summed E-state index contributed by atoms with van der Waals surface area (Å²) in [4.78, 5) is 12.1. The smallest absolute Gasteiger partial charge is 0.251 e. The zero-order valence-electron chi connectivity index (χ0n) is 10.6. The van der Waals surface area contributed by atoms with Gasteiger partial charge in [0.05, 0.1) is 10.7 Å². The van der Waals surface area contributed by atoms with E-state index in [2.05, 4.69) is 12.2 Å². The van der Waals surface area contributed by atoms with Gasteiger partial charge in [-0.05, 0) is 37.0 Å². The van der Waals surface area contributed by atoms with Crippen molar-refractivity contribution >= 4 is 23.2 Å². The van der Waals surface area contributed by atoms with Crippen molar-refractivity contribution in [1.82, 2.24) is 5.32 Å². The van der Waals surface area contributed by atoms with Crippen LogP contribution in [-0.4, -0.2) is 11.9 Å². The highest BCUT2D eigenvalue weighted by Gasteiger charge is 2.23. The molecule has 2 atom stereocenters. The Morgan fingerprint density at radius 1 is 1.39 bits per heavy atom. The zero-order valence-corrected chi connectivity index (χ0v) is 11.3. The monoisotopic (exact) mass is 266 g/mol. The van der Waals surface area contributed by atoms with Crippen molar-refractivity contribution in [2.24, 2.45) is 5.92 Å². The van der Waals surface area contributed by atoms with Gasteiger partial charge in [-0.2, -0.15) is 0 Å². The molecule has 0 bridgehead atoms. The summed E-state index contributed by atoms with van der Waals surface area (Å²) < 4.78 is 0. The number of anilines is 1. The average Bonchev–Trinajstić information content (AvgIpc) is 2.35. The van der Waals surface area contributed by atoms with Gasteiger partial charge < -0.3 is 11.1 Å². The van der Waals surface area contributed by atoms with Crippen molar-refractivity contribution in [2.45, 2.75) is 38.6 Å². The molecule has 1 aromatic carbocycles. The van der Waals surface area contributed by atoms with E-state index in [9.17, 15) is 4.79 Å². The molecular weight excluding hydrogens is 248 g/mol. The number of hydrogen-bond acceptors (Lipinski definition) is 2. The van der Waals surface area contributed by atoms with Gasteiger partial charge in [0.15, 0.2) is 0 Å². The fourth-order valence-electron chi connectivity index (χ4n) is 2.47. The lowest BCUT2D eigenvalue weighted by molar-refractivity contribution is 0.0910. The van der Waals surface area contributed by atoms with Crippen LogP contribution in [0.4, 0.5) is 5.69 Å². The van der Waals surface area contributed by atoms with E-state index in [1.165, 1.54) is 19.3 Å². The Balaban J connectivity index is 2.04. The Labute approximate surface area is 113 Å². The third kappa shape index (κ3) is 2.96. The van der Waals surface area contributed by atoms with Crippen molar-refractivity contribution in [3.05, 3.63) is 28.8 Å². The van der Waals surface area contributed by atoms with Gasteiger partial charge in [-0.25, -0.2) is 0 Å². The van der Waals surface area contributed by atoms with Crippen molar-refractivity contribution < 1.29 is 4.79 Å². The van der Waals surface area contributed by atoms with E-state index < -0.39 is 0 Å². The highest BCUT2D eigenvalue weighted by molar-refractivity contribution is 6.33. The van der Waals surface area contributed by atoms with E-state index in [0.717, 1.165) is 6.42 Å². The Morgan fingerprint density at radius 3 is 2.78 bits per heavy atom. The normalized spacial score (nSPS) is 23.7. The first kappa shape index (κ1) is 13.2. The van der Waals surface area contributed by atoms with Crippen molar-refractivity contribution in [2.75, 3.05) is 5.73 Å². The van der Waals surface area contributed by atoms with E-state index >= 15 is 0 Å². The minimum Gasteiger partial charge on any atom is -0.398 e. The number of benzene rings is 1. The quantitative estimate of drug-likeness (QED) is 0.808. The number of nitrogens with two attached hydrogens (primary N) is 1. The van der Waals surface area contributed by atoms with Crippen molar-refractivity contribution in [3.63, 3.8) is 0 Å². The first-order chi connectivity index (χ1) is 8.58. The number of nitrogen functional groups attached to an aromatic ring is 1. The van der Waals surface area contributed by atoms with Crippen LogP contribution in [0.25, 0.3) is 0 Å². The molecule has 0 spiro atoms. The lowest BCUT2D eigenvalue weighted by Gasteiger charge is -2.29. The molecule has 0 unspecified atom stereocenters. The molecular formula is C14H19ClN2O. The van der Waals surface area contributed by atoms with E-state index in [-0.39, 0.29) is 11.9 Å². The zero-order chi connectivity index (χ0) is 13.1. The summed E-state index contributed by atoms with van der Waals surface area (Å²) in [6.45, 7) is 2.19. The molecule has 1 aromatic rings. The van der Waals surface area contributed by atoms with Crippen LogP contribution in [0.2, 0.25) is 5.02 Å². The molecule has 3 N–H and O–H groups in total. The Kier molecular flexibility index (Phi) is 4.12. The molecule has 1 fully saturated rings. The maximum Gasteiger partial charge on any atom is 0.251 e. The number of halogens is 1. The van der Waals surface area contributed by atoms with Gasteiger partial charge in [-0.1, -0.05) is 31.4 Å². The van der Waals surface area contributed by atoms with Gasteiger partial charge in [0, 0.05) is 11.6 Å². The Morgan fingerprint density at radius 2 is 2.11 bits per heavy atom. The number of carbonyl (C=O) groups excluding carboxylic acids is 1. The van der Waals surface area contributed by atoms with Gasteiger partial charge >= 0.3 is 0 Å². The third-order valence-corrected chi connectivity index (χ3v) is 4.03. The second-order valence-electron chi connectivity index (χ2n) is 5.08. The lowest BCUT2D eigenvalue weighted by Crippen LogP contribution is -2.41. The van der Waals surface area contributed by atoms with Gasteiger partial charge in [0.2, 0.25) is 0 Å². The van der Waals surface area contributed by atoms with Crippen molar-refractivity contribution in [3.8, 4) is 0 Å². The average molecular weight is 267 g/mol. The minimum atomic E-state index is -0.0582. The first-order valence-electron chi connectivity index (χ1n) is 6.44. The number of nitrogens with one attached hydrogen (secondary N) is 1. The van der Waals surface area contributed by atoms with Crippen LogP contribution in [-0.2, 0) is 0 Å². The van der Waals surface area contributed by atoms with Gasteiger partial charge in [0.25, 0.3) is 5.91 Å². The fourth-order valence-corrected chi connectivity index (χ4v) is 2.58. The maximum absolute atomic E-state index is 12.1. The summed E-state index contributed by atoms with van der Waals surface area (Å²) in [5.41, 5.74) is 6.73. The number of hydrogen-bond donors (Lipinski definition) is 2. The highest BCUT2D eigenvalue weighted by Crippen LogP contribution is 2.24. The number of rotatable bonds is 2. The number of carbonyl (C=O) groups is 1. The van der Waals surface area contributed by atoms with Gasteiger partial charge in [-0.3, -0.25) is 4.79 Å². The summed E-state index contributed by atoms with van der Waals surface area (Å²) in [5.74, 6) is 0.490. The van der Waals surface area contributed by atoms with Crippen LogP contribution in [0, 0.1) is 5.92 Å². The van der Waals surface area contributed by atoms with Crippen LogP contribution in [0.5, 0.6) is 0 Å². The molecule has 98 valence electrons. The molecule has 0 heterocycles. The molecule has 0 radical (unpaired) electrons. The molecule has 1 aliphatic rings. The van der Waals surface area contributed by atoms with Crippen LogP contribution in [0.3, 0.4) is 0 Å². The molecule has 0 saturated heterocycles. The van der Waals surface area contributed by atoms with Crippen LogP contribution >= 0.6 is 11.6 Å². The SMILES string of the molecule is C[C@H]1CCCC[C@H]1NC(=O)c1ccc(Cl)c(N)c1. The van der Waals surface area contributed by atoms with Crippen LogP contribution in [0.1, 0.15) is 43.0 Å². The molecule has 4 heteroatoms.